The van der Waals surface area contributed by atoms with Crippen LogP contribution in [0.1, 0.15) is 35.3 Å². The fourth-order valence-electron chi connectivity index (χ4n) is 1.46. The number of phenols is 1. The number of aromatic hydroxyl groups is 1. The minimum absolute atomic E-state index is 0.00528. The van der Waals surface area contributed by atoms with Gasteiger partial charge in [0.2, 0.25) is 0 Å². The fourth-order valence-corrected chi connectivity index (χ4v) is 1.46. The van der Waals surface area contributed by atoms with Crippen molar-refractivity contribution in [3.05, 3.63) is 28.8 Å². The van der Waals surface area contributed by atoms with Gasteiger partial charge in [-0.2, -0.15) is 0 Å². The van der Waals surface area contributed by atoms with Gasteiger partial charge in [0.25, 0.3) is 0 Å². The first-order chi connectivity index (χ1) is 6.43. The Morgan fingerprint density at radius 1 is 1.29 bits per heavy atom. The van der Waals surface area contributed by atoms with E-state index in [0.29, 0.717) is 5.56 Å². The first-order valence-electron chi connectivity index (χ1n) is 4.78. The molecular formula is C12H16O2. The van der Waals surface area contributed by atoms with Crippen LogP contribution >= 0.6 is 0 Å². The van der Waals surface area contributed by atoms with Crippen LogP contribution < -0.4 is 0 Å². The van der Waals surface area contributed by atoms with Crippen molar-refractivity contribution in [3.63, 3.8) is 0 Å². The number of carbonyl (C=O) groups is 1. The van der Waals surface area contributed by atoms with Crippen molar-refractivity contribution in [1.82, 2.24) is 0 Å². The Bertz CT molecular complexity index is 365. The Morgan fingerprint density at radius 3 is 2.36 bits per heavy atom. The van der Waals surface area contributed by atoms with Crippen molar-refractivity contribution in [1.29, 1.82) is 0 Å². The smallest absolute Gasteiger partial charge is 0.169 e. The second-order valence-electron chi connectivity index (χ2n) is 4.00. The van der Waals surface area contributed by atoms with Crippen molar-refractivity contribution >= 4 is 5.78 Å². The van der Waals surface area contributed by atoms with Gasteiger partial charge in [-0.15, -0.1) is 0 Å². The molecule has 0 saturated carbocycles. The molecule has 0 amide bonds. The summed E-state index contributed by atoms with van der Waals surface area (Å²) in [5.41, 5.74) is 2.20. The summed E-state index contributed by atoms with van der Waals surface area (Å²) in [6, 6.07) is 3.61. The second-order valence-corrected chi connectivity index (χ2v) is 4.00. The van der Waals surface area contributed by atoms with Gasteiger partial charge in [0.1, 0.15) is 5.75 Å². The van der Waals surface area contributed by atoms with Crippen LogP contribution in [0.15, 0.2) is 12.1 Å². The molecule has 0 atom stereocenters. The van der Waals surface area contributed by atoms with Crippen LogP contribution in [0.5, 0.6) is 5.75 Å². The number of ketones is 1. The van der Waals surface area contributed by atoms with Crippen LogP contribution in [0.4, 0.5) is 0 Å². The molecule has 0 spiro atoms. The highest BCUT2D eigenvalue weighted by Gasteiger charge is 2.16. The molecule has 0 aliphatic heterocycles. The third kappa shape index (κ3) is 1.95. The van der Waals surface area contributed by atoms with Crippen molar-refractivity contribution in [2.45, 2.75) is 27.7 Å². The Balaban J connectivity index is 3.27. The molecule has 1 rings (SSSR count). The summed E-state index contributed by atoms with van der Waals surface area (Å²) in [6.45, 7) is 7.39. The van der Waals surface area contributed by atoms with Gasteiger partial charge in [0.05, 0.1) is 5.56 Å². The maximum Gasteiger partial charge on any atom is 0.169 e. The average molecular weight is 192 g/mol. The van der Waals surface area contributed by atoms with Gasteiger partial charge in [0, 0.05) is 5.92 Å². The summed E-state index contributed by atoms with van der Waals surface area (Å²) in [7, 11) is 0. The number of phenolic OH excluding ortho intramolecular Hbond substituents is 1. The number of hydrogen-bond acceptors (Lipinski definition) is 2. The quantitative estimate of drug-likeness (QED) is 0.731. The second kappa shape index (κ2) is 3.82. The monoisotopic (exact) mass is 192 g/mol. The number of Topliss-reactive ketones (excluding diaryl/α,β-unsaturated/α-hetero) is 1. The van der Waals surface area contributed by atoms with Crippen molar-refractivity contribution in [3.8, 4) is 5.75 Å². The largest absolute Gasteiger partial charge is 0.507 e. The number of rotatable bonds is 2. The van der Waals surface area contributed by atoms with Crippen LogP contribution in [-0.2, 0) is 0 Å². The van der Waals surface area contributed by atoms with Crippen molar-refractivity contribution in [2.75, 3.05) is 0 Å². The third-order valence-corrected chi connectivity index (χ3v) is 2.23. The minimum Gasteiger partial charge on any atom is -0.507 e. The molecule has 0 saturated heterocycles. The topological polar surface area (TPSA) is 37.3 Å². The lowest BCUT2D eigenvalue weighted by Crippen LogP contribution is -2.08. The first-order valence-corrected chi connectivity index (χ1v) is 4.78. The lowest BCUT2D eigenvalue weighted by molar-refractivity contribution is 0.0936. The summed E-state index contributed by atoms with van der Waals surface area (Å²) in [5.74, 6) is 0.0331. The molecule has 1 N–H and O–H groups in total. The van der Waals surface area contributed by atoms with Crippen LogP contribution in [0, 0.1) is 19.8 Å². The zero-order valence-electron chi connectivity index (χ0n) is 9.09. The number of benzene rings is 1. The van der Waals surface area contributed by atoms with Gasteiger partial charge in [-0.05, 0) is 31.0 Å². The molecule has 2 nitrogen and oxygen atoms in total. The summed E-state index contributed by atoms with van der Waals surface area (Å²) in [6.07, 6.45) is 0. The highest BCUT2D eigenvalue weighted by molar-refractivity contribution is 6.00. The molecular weight excluding hydrogens is 176 g/mol. The van der Waals surface area contributed by atoms with E-state index in [4.69, 9.17) is 0 Å². The molecule has 0 aliphatic carbocycles. The zero-order valence-corrected chi connectivity index (χ0v) is 9.09. The number of aryl methyl sites for hydroxylation is 2. The van der Waals surface area contributed by atoms with Gasteiger partial charge in [-0.25, -0.2) is 0 Å². The molecule has 0 aliphatic rings. The summed E-state index contributed by atoms with van der Waals surface area (Å²) in [4.78, 5) is 11.7. The Kier molecular flexibility index (Phi) is 2.94. The maximum absolute atomic E-state index is 11.7. The van der Waals surface area contributed by atoms with E-state index >= 15 is 0 Å². The SMILES string of the molecule is Cc1cc(C)c(O)c(C(=O)C(C)C)c1. The molecule has 14 heavy (non-hydrogen) atoms. The Morgan fingerprint density at radius 2 is 1.86 bits per heavy atom. The third-order valence-electron chi connectivity index (χ3n) is 2.23. The van der Waals surface area contributed by atoms with Crippen LogP contribution in [0.25, 0.3) is 0 Å². The van der Waals surface area contributed by atoms with E-state index in [1.807, 2.05) is 26.8 Å². The van der Waals surface area contributed by atoms with Gasteiger partial charge < -0.3 is 5.11 Å². The lowest BCUT2D eigenvalue weighted by atomic mass is 9.96. The van der Waals surface area contributed by atoms with Crippen LogP contribution in [0.2, 0.25) is 0 Å². The highest BCUT2D eigenvalue weighted by atomic mass is 16.3. The molecule has 1 aromatic carbocycles. The predicted molar refractivity (Wildman–Crippen MR) is 56.7 cm³/mol. The molecule has 76 valence electrons. The summed E-state index contributed by atoms with van der Waals surface area (Å²) < 4.78 is 0. The molecule has 1 aromatic rings. The van der Waals surface area contributed by atoms with E-state index in [1.54, 1.807) is 13.0 Å². The zero-order chi connectivity index (χ0) is 10.9. The molecule has 0 bridgehead atoms. The molecule has 0 unspecified atom stereocenters. The van der Waals surface area contributed by atoms with E-state index in [0.717, 1.165) is 11.1 Å². The van der Waals surface area contributed by atoms with E-state index in [1.165, 1.54) is 0 Å². The van der Waals surface area contributed by atoms with E-state index in [-0.39, 0.29) is 17.5 Å². The normalized spacial score (nSPS) is 10.6. The molecule has 0 radical (unpaired) electrons. The molecule has 0 heterocycles. The number of carbonyl (C=O) groups excluding carboxylic acids is 1. The van der Waals surface area contributed by atoms with E-state index in [2.05, 4.69) is 0 Å². The Hall–Kier alpha value is -1.31. The van der Waals surface area contributed by atoms with Crippen molar-refractivity contribution < 1.29 is 9.90 Å². The molecule has 0 aromatic heterocycles. The van der Waals surface area contributed by atoms with Gasteiger partial charge in [0.15, 0.2) is 5.78 Å². The highest BCUT2D eigenvalue weighted by Crippen LogP contribution is 2.25. The molecule has 0 fully saturated rings. The summed E-state index contributed by atoms with van der Waals surface area (Å²) in [5, 5.41) is 9.72. The fraction of sp³-hybridized carbons (Fsp3) is 0.417. The predicted octanol–water partition coefficient (Wildman–Crippen LogP) is 2.85. The van der Waals surface area contributed by atoms with Gasteiger partial charge in [-0.1, -0.05) is 19.9 Å². The number of hydrogen-bond donors (Lipinski definition) is 1. The molecule has 2 heteroatoms. The first kappa shape index (κ1) is 10.8. The maximum atomic E-state index is 11.7. The standard InChI is InChI=1S/C12H16O2/c1-7(2)11(13)10-6-8(3)5-9(4)12(10)14/h5-7,14H,1-4H3. The van der Waals surface area contributed by atoms with Crippen molar-refractivity contribution in [2.24, 2.45) is 5.92 Å². The average Bonchev–Trinajstić information content (AvgIpc) is 2.09. The van der Waals surface area contributed by atoms with Gasteiger partial charge >= 0.3 is 0 Å². The lowest BCUT2D eigenvalue weighted by Gasteiger charge is -2.09. The van der Waals surface area contributed by atoms with Crippen LogP contribution in [0.3, 0.4) is 0 Å². The van der Waals surface area contributed by atoms with E-state index < -0.39 is 0 Å². The van der Waals surface area contributed by atoms with Gasteiger partial charge in [-0.3, -0.25) is 4.79 Å². The minimum atomic E-state index is -0.0814. The van der Waals surface area contributed by atoms with E-state index in [9.17, 15) is 9.90 Å². The summed E-state index contributed by atoms with van der Waals surface area (Å²) >= 11 is 0. The Labute approximate surface area is 84.6 Å². The van der Waals surface area contributed by atoms with Crippen LogP contribution in [-0.4, -0.2) is 10.9 Å².